The third-order valence-electron chi connectivity index (χ3n) is 2.58. The third-order valence-corrected chi connectivity index (χ3v) is 2.58. The smallest absolute Gasteiger partial charge is 0.0682 e. The number of rotatable bonds is 4. The van der Waals surface area contributed by atoms with E-state index >= 15 is 0 Å². The van der Waals surface area contributed by atoms with Crippen molar-refractivity contribution in [3.8, 4) is 0 Å². The van der Waals surface area contributed by atoms with Gasteiger partial charge < -0.3 is 15.1 Å². The van der Waals surface area contributed by atoms with Crippen molar-refractivity contribution in [2.24, 2.45) is 0 Å². The first-order valence-electron chi connectivity index (χ1n) is 5.24. The quantitative estimate of drug-likeness (QED) is 0.637. The van der Waals surface area contributed by atoms with Crippen LogP contribution < -0.4 is 0 Å². The molecule has 0 saturated carbocycles. The molecule has 0 aromatic heterocycles. The minimum absolute atomic E-state index is 0.223. The molecule has 2 N–H and O–H groups in total. The van der Waals surface area contributed by atoms with E-state index in [9.17, 15) is 10.2 Å². The summed E-state index contributed by atoms with van der Waals surface area (Å²) in [5.41, 5.74) is 0. The molecule has 0 amide bonds. The highest BCUT2D eigenvalue weighted by atomic mass is 16.3. The van der Waals surface area contributed by atoms with Crippen LogP contribution in [-0.4, -0.2) is 72.0 Å². The Balaban J connectivity index is 2.45. The molecule has 0 bridgehead atoms. The third kappa shape index (κ3) is 3.53. The lowest BCUT2D eigenvalue weighted by atomic mass is 10.2. The molecule has 1 aliphatic heterocycles. The van der Waals surface area contributed by atoms with Crippen LogP contribution in [0.4, 0.5) is 0 Å². The van der Waals surface area contributed by atoms with Crippen molar-refractivity contribution < 1.29 is 10.2 Å². The highest BCUT2D eigenvalue weighted by Gasteiger charge is 2.31. The van der Waals surface area contributed by atoms with Crippen molar-refractivity contribution in [2.75, 3.05) is 33.7 Å². The van der Waals surface area contributed by atoms with Crippen molar-refractivity contribution in [1.29, 1.82) is 0 Å². The van der Waals surface area contributed by atoms with E-state index in [1.165, 1.54) is 0 Å². The molecule has 0 aromatic carbocycles. The van der Waals surface area contributed by atoms with E-state index in [1.54, 1.807) is 6.92 Å². The van der Waals surface area contributed by atoms with E-state index < -0.39 is 0 Å². The summed E-state index contributed by atoms with van der Waals surface area (Å²) in [4.78, 5) is 4.30. The fraction of sp³-hybridized carbons (Fsp3) is 1.00. The van der Waals surface area contributed by atoms with Crippen LogP contribution in [0.1, 0.15) is 13.3 Å². The second-order valence-corrected chi connectivity index (χ2v) is 4.61. The number of hydrogen-bond donors (Lipinski definition) is 2. The number of likely N-dealkylation sites (tertiary alicyclic amines) is 1. The summed E-state index contributed by atoms with van der Waals surface area (Å²) in [5, 5.41) is 18.9. The number of aliphatic hydroxyl groups excluding tert-OH is 2. The summed E-state index contributed by atoms with van der Waals surface area (Å²) in [7, 11) is 4.07. The zero-order valence-electron chi connectivity index (χ0n) is 9.35. The fourth-order valence-corrected chi connectivity index (χ4v) is 2.13. The van der Waals surface area contributed by atoms with E-state index in [1.807, 2.05) is 14.1 Å². The molecule has 0 spiro atoms. The van der Waals surface area contributed by atoms with E-state index in [-0.39, 0.29) is 12.2 Å². The van der Waals surface area contributed by atoms with Crippen LogP contribution in [0.2, 0.25) is 0 Å². The molecular formula is C10H22N2O2. The van der Waals surface area contributed by atoms with Crippen LogP contribution in [0.5, 0.6) is 0 Å². The van der Waals surface area contributed by atoms with Gasteiger partial charge in [0.05, 0.1) is 12.2 Å². The average Bonchev–Trinajstić information content (AvgIpc) is 2.28. The summed E-state index contributed by atoms with van der Waals surface area (Å²) in [6.45, 7) is 4.10. The van der Waals surface area contributed by atoms with Crippen molar-refractivity contribution in [3.05, 3.63) is 0 Å². The molecule has 0 aromatic rings. The molecule has 84 valence electrons. The van der Waals surface area contributed by atoms with Gasteiger partial charge in [-0.05, 0) is 27.4 Å². The number of nitrogens with zero attached hydrogens (tertiary/aromatic N) is 2. The molecule has 3 atom stereocenters. The van der Waals surface area contributed by atoms with E-state index in [0.717, 1.165) is 13.0 Å². The van der Waals surface area contributed by atoms with Crippen LogP contribution in [0.25, 0.3) is 0 Å². The van der Waals surface area contributed by atoms with Gasteiger partial charge in [-0.3, -0.25) is 4.90 Å². The van der Waals surface area contributed by atoms with Crippen molar-refractivity contribution in [1.82, 2.24) is 9.80 Å². The molecule has 4 heteroatoms. The molecule has 0 aliphatic carbocycles. The van der Waals surface area contributed by atoms with Gasteiger partial charge in [-0.1, -0.05) is 0 Å². The van der Waals surface area contributed by atoms with Crippen LogP contribution in [0.3, 0.4) is 0 Å². The maximum absolute atomic E-state index is 9.55. The summed E-state index contributed by atoms with van der Waals surface area (Å²) < 4.78 is 0. The summed E-state index contributed by atoms with van der Waals surface area (Å²) >= 11 is 0. The highest BCUT2D eigenvalue weighted by molar-refractivity contribution is 4.87. The van der Waals surface area contributed by atoms with Gasteiger partial charge >= 0.3 is 0 Å². The van der Waals surface area contributed by atoms with Gasteiger partial charge in [0.15, 0.2) is 0 Å². The largest absolute Gasteiger partial charge is 0.392 e. The van der Waals surface area contributed by atoms with Crippen LogP contribution in [-0.2, 0) is 0 Å². The first-order valence-corrected chi connectivity index (χ1v) is 5.24. The lowest BCUT2D eigenvalue weighted by Gasteiger charge is -2.27. The lowest BCUT2D eigenvalue weighted by Crippen LogP contribution is -2.40. The zero-order chi connectivity index (χ0) is 10.7. The molecule has 1 fully saturated rings. The second-order valence-electron chi connectivity index (χ2n) is 4.61. The normalized spacial score (nSPS) is 31.3. The van der Waals surface area contributed by atoms with E-state index in [0.29, 0.717) is 19.1 Å². The van der Waals surface area contributed by atoms with Crippen molar-refractivity contribution >= 4 is 0 Å². The number of hydrogen-bond acceptors (Lipinski definition) is 4. The molecular weight excluding hydrogens is 180 g/mol. The molecule has 1 saturated heterocycles. The Morgan fingerprint density at radius 2 is 2.14 bits per heavy atom. The van der Waals surface area contributed by atoms with Gasteiger partial charge in [0, 0.05) is 25.7 Å². The van der Waals surface area contributed by atoms with Gasteiger partial charge in [-0.25, -0.2) is 0 Å². The Hall–Kier alpha value is -0.160. The Bertz CT molecular complexity index is 156. The molecule has 2 unspecified atom stereocenters. The molecule has 1 aliphatic rings. The maximum Gasteiger partial charge on any atom is 0.0682 e. The molecule has 1 heterocycles. The molecule has 4 nitrogen and oxygen atoms in total. The second kappa shape index (κ2) is 5.07. The SMILES string of the molecule is C[C@@H](O)CN1CC(O)CC1CN(C)C. The summed E-state index contributed by atoms with van der Waals surface area (Å²) in [6.07, 6.45) is 0.286. The van der Waals surface area contributed by atoms with Gasteiger partial charge in [0.2, 0.25) is 0 Å². The van der Waals surface area contributed by atoms with Crippen LogP contribution in [0.15, 0.2) is 0 Å². The van der Waals surface area contributed by atoms with Crippen LogP contribution >= 0.6 is 0 Å². The van der Waals surface area contributed by atoms with Gasteiger partial charge in [-0.2, -0.15) is 0 Å². The number of likely N-dealkylation sites (N-methyl/N-ethyl adjacent to an activating group) is 1. The van der Waals surface area contributed by atoms with Gasteiger partial charge in [0.1, 0.15) is 0 Å². The fourth-order valence-electron chi connectivity index (χ4n) is 2.13. The average molecular weight is 202 g/mol. The highest BCUT2D eigenvalue weighted by Crippen LogP contribution is 2.18. The number of β-amino-alcohol motifs (C(OH)–C–C–N with tert-alkyl or cyclic N) is 2. The predicted octanol–water partition coefficient (Wildman–Crippen LogP) is -0.636. The topological polar surface area (TPSA) is 46.9 Å². The first kappa shape index (κ1) is 11.9. The minimum atomic E-state index is -0.315. The van der Waals surface area contributed by atoms with Crippen LogP contribution in [0, 0.1) is 0 Å². The molecule has 14 heavy (non-hydrogen) atoms. The molecule has 1 rings (SSSR count). The Morgan fingerprint density at radius 1 is 1.50 bits per heavy atom. The molecule has 0 radical (unpaired) electrons. The first-order chi connectivity index (χ1) is 6.49. The standard InChI is InChI=1S/C10H22N2O2/c1-8(13)5-12-7-10(14)4-9(12)6-11(2)3/h8-10,13-14H,4-7H2,1-3H3/t8-,9?,10?/m1/s1. The zero-order valence-corrected chi connectivity index (χ0v) is 9.35. The lowest BCUT2D eigenvalue weighted by molar-refractivity contribution is 0.103. The monoisotopic (exact) mass is 202 g/mol. The van der Waals surface area contributed by atoms with Crippen molar-refractivity contribution in [2.45, 2.75) is 31.6 Å². The van der Waals surface area contributed by atoms with E-state index in [4.69, 9.17) is 0 Å². The van der Waals surface area contributed by atoms with Crippen molar-refractivity contribution in [3.63, 3.8) is 0 Å². The Labute approximate surface area is 86.1 Å². The maximum atomic E-state index is 9.55. The Morgan fingerprint density at radius 3 is 2.64 bits per heavy atom. The van der Waals surface area contributed by atoms with Gasteiger partial charge in [-0.15, -0.1) is 0 Å². The van der Waals surface area contributed by atoms with Gasteiger partial charge in [0.25, 0.3) is 0 Å². The summed E-state index contributed by atoms with van der Waals surface area (Å²) in [6, 6.07) is 0.384. The minimum Gasteiger partial charge on any atom is -0.392 e. The van der Waals surface area contributed by atoms with E-state index in [2.05, 4.69) is 9.80 Å². The predicted molar refractivity (Wildman–Crippen MR) is 56.2 cm³/mol. The number of aliphatic hydroxyl groups is 2. The summed E-state index contributed by atoms with van der Waals surface area (Å²) in [5.74, 6) is 0. The Kier molecular flexibility index (Phi) is 4.31.